The van der Waals surface area contributed by atoms with E-state index >= 15 is 0 Å². The molecular weight excluding hydrogens is 236 g/mol. The maximum Gasteiger partial charge on any atom is 0.169 e. The van der Waals surface area contributed by atoms with E-state index in [4.69, 9.17) is 4.74 Å². The highest BCUT2D eigenvalue weighted by molar-refractivity contribution is 6.99. The van der Waals surface area contributed by atoms with Gasteiger partial charge in [0.2, 0.25) is 0 Å². The molecule has 0 amide bonds. The molecule has 2 aromatic rings. The molecule has 5 nitrogen and oxygen atoms in total. The summed E-state index contributed by atoms with van der Waals surface area (Å²) >= 11 is 1.17. The Hall–Kier alpha value is -1.69. The van der Waals surface area contributed by atoms with Gasteiger partial charge in [0.15, 0.2) is 11.5 Å². The minimum atomic E-state index is 0.708. The lowest BCUT2D eigenvalue weighted by Crippen LogP contribution is -2.02. The van der Waals surface area contributed by atoms with Gasteiger partial charge in [0.1, 0.15) is 11.4 Å². The van der Waals surface area contributed by atoms with Crippen LogP contribution in [-0.2, 0) is 0 Å². The number of methoxy groups -OCH3 is 1. The van der Waals surface area contributed by atoms with Crippen LogP contribution in [0.3, 0.4) is 0 Å². The van der Waals surface area contributed by atoms with Crippen molar-refractivity contribution in [2.75, 3.05) is 19.0 Å². The molecule has 0 spiro atoms. The van der Waals surface area contributed by atoms with Gasteiger partial charge in [-0.1, -0.05) is 6.92 Å². The van der Waals surface area contributed by atoms with Crippen molar-refractivity contribution in [1.82, 2.24) is 13.7 Å². The van der Waals surface area contributed by atoms with Crippen molar-refractivity contribution in [2.24, 2.45) is 0 Å². The fourth-order valence-electron chi connectivity index (χ4n) is 1.44. The van der Waals surface area contributed by atoms with Crippen LogP contribution in [0.4, 0.5) is 5.82 Å². The summed E-state index contributed by atoms with van der Waals surface area (Å²) in [6.07, 6.45) is 2.76. The normalized spacial score (nSPS) is 10.2. The molecule has 0 fully saturated rings. The van der Waals surface area contributed by atoms with Gasteiger partial charge in [-0.2, -0.15) is 8.75 Å². The second-order valence-electron chi connectivity index (χ2n) is 3.44. The van der Waals surface area contributed by atoms with Crippen LogP contribution in [0.25, 0.3) is 11.4 Å². The number of rotatable bonds is 5. The standard InChI is InChI=1S/C11H14N4OS/c1-3-6-13-11-10(14-17-15-11)9-8(16-2)5-4-7-12-9/h4-5,7H,3,6H2,1-2H3,(H,13,15). The number of aromatic nitrogens is 3. The molecule has 0 aliphatic heterocycles. The van der Waals surface area contributed by atoms with Gasteiger partial charge in [-0.05, 0) is 18.6 Å². The average molecular weight is 250 g/mol. The number of nitrogens with zero attached hydrogens (tertiary/aromatic N) is 3. The first-order valence-corrected chi connectivity index (χ1v) is 6.15. The Morgan fingerprint density at radius 2 is 2.24 bits per heavy atom. The Morgan fingerprint density at radius 3 is 3.00 bits per heavy atom. The SMILES string of the molecule is CCCNc1nsnc1-c1ncccc1OC. The van der Waals surface area contributed by atoms with Crippen molar-refractivity contribution in [1.29, 1.82) is 0 Å². The van der Waals surface area contributed by atoms with E-state index in [0.29, 0.717) is 5.75 Å². The molecule has 2 rings (SSSR count). The van der Waals surface area contributed by atoms with E-state index < -0.39 is 0 Å². The molecule has 0 saturated carbocycles. The predicted molar refractivity (Wildman–Crippen MR) is 68.5 cm³/mol. The minimum Gasteiger partial charge on any atom is -0.494 e. The van der Waals surface area contributed by atoms with Crippen LogP contribution in [0.2, 0.25) is 0 Å². The van der Waals surface area contributed by atoms with Gasteiger partial charge in [0.05, 0.1) is 18.8 Å². The Bertz CT molecular complexity index is 486. The van der Waals surface area contributed by atoms with Gasteiger partial charge < -0.3 is 10.1 Å². The molecule has 0 aliphatic rings. The van der Waals surface area contributed by atoms with Crippen LogP contribution in [0.15, 0.2) is 18.3 Å². The van der Waals surface area contributed by atoms with E-state index in [1.54, 1.807) is 13.3 Å². The first kappa shape index (κ1) is 11.8. The van der Waals surface area contributed by atoms with Crippen LogP contribution in [0.5, 0.6) is 5.75 Å². The zero-order valence-corrected chi connectivity index (χ0v) is 10.6. The summed E-state index contributed by atoms with van der Waals surface area (Å²) in [5.41, 5.74) is 1.48. The quantitative estimate of drug-likeness (QED) is 0.883. The Balaban J connectivity index is 2.35. The lowest BCUT2D eigenvalue weighted by Gasteiger charge is -2.06. The molecule has 2 aromatic heterocycles. The zero-order chi connectivity index (χ0) is 12.1. The Labute approximate surface area is 104 Å². The first-order chi connectivity index (χ1) is 8.36. The highest BCUT2D eigenvalue weighted by Gasteiger charge is 2.15. The van der Waals surface area contributed by atoms with Crippen LogP contribution < -0.4 is 10.1 Å². The Morgan fingerprint density at radius 1 is 1.35 bits per heavy atom. The summed E-state index contributed by atoms with van der Waals surface area (Å²) in [6, 6.07) is 3.70. The lowest BCUT2D eigenvalue weighted by molar-refractivity contribution is 0.414. The maximum absolute atomic E-state index is 5.28. The van der Waals surface area contributed by atoms with Crippen molar-refractivity contribution in [3.63, 3.8) is 0 Å². The zero-order valence-electron chi connectivity index (χ0n) is 9.80. The molecule has 0 atom stereocenters. The number of pyridine rings is 1. The van der Waals surface area contributed by atoms with Gasteiger partial charge in [-0.15, -0.1) is 0 Å². The van der Waals surface area contributed by atoms with E-state index in [1.165, 1.54) is 11.7 Å². The van der Waals surface area contributed by atoms with Gasteiger partial charge >= 0.3 is 0 Å². The molecule has 2 heterocycles. The third-order valence-electron chi connectivity index (χ3n) is 2.25. The van der Waals surface area contributed by atoms with Gasteiger partial charge in [-0.25, -0.2) is 0 Å². The third kappa shape index (κ3) is 2.52. The summed E-state index contributed by atoms with van der Waals surface area (Å²) < 4.78 is 13.8. The largest absolute Gasteiger partial charge is 0.494 e. The van der Waals surface area contributed by atoms with E-state index in [-0.39, 0.29) is 0 Å². The van der Waals surface area contributed by atoms with Gasteiger partial charge in [-0.3, -0.25) is 4.98 Å². The molecule has 0 bridgehead atoms. The van der Waals surface area contributed by atoms with E-state index in [2.05, 4.69) is 26.0 Å². The molecule has 90 valence electrons. The van der Waals surface area contributed by atoms with Crippen molar-refractivity contribution >= 4 is 17.5 Å². The second-order valence-corrected chi connectivity index (χ2v) is 3.97. The van der Waals surface area contributed by atoms with Gasteiger partial charge in [0, 0.05) is 12.7 Å². The minimum absolute atomic E-state index is 0.708. The van der Waals surface area contributed by atoms with Gasteiger partial charge in [0.25, 0.3) is 0 Å². The smallest absolute Gasteiger partial charge is 0.169 e. The molecular formula is C11H14N4OS. The molecule has 17 heavy (non-hydrogen) atoms. The number of hydrogen-bond donors (Lipinski definition) is 1. The van der Waals surface area contributed by atoms with Crippen LogP contribution in [0.1, 0.15) is 13.3 Å². The summed E-state index contributed by atoms with van der Waals surface area (Å²) in [5.74, 6) is 1.48. The number of nitrogens with one attached hydrogen (secondary N) is 1. The molecule has 0 aromatic carbocycles. The third-order valence-corrected chi connectivity index (χ3v) is 2.77. The summed E-state index contributed by atoms with van der Waals surface area (Å²) in [5, 5.41) is 3.23. The molecule has 0 aliphatic carbocycles. The van der Waals surface area contributed by atoms with Crippen molar-refractivity contribution in [3.8, 4) is 17.1 Å². The molecule has 0 radical (unpaired) electrons. The number of ether oxygens (including phenoxy) is 1. The van der Waals surface area contributed by atoms with Crippen LogP contribution in [0, 0.1) is 0 Å². The van der Waals surface area contributed by atoms with E-state index in [0.717, 1.165) is 30.2 Å². The Kier molecular flexibility index (Phi) is 3.87. The fourth-order valence-corrected chi connectivity index (χ4v) is 1.96. The van der Waals surface area contributed by atoms with E-state index in [9.17, 15) is 0 Å². The molecule has 0 unspecified atom stereocenters. The molecule has 1 N–H and O–H groups in total. The lowest BCUT2D eigenvalue weighted by atomic mass is 10.2. The average Bonchev–Trinajstić information content (AvgIpc) is 2.84. The van der Waals surface area contributed by atoms with Crippen molar-refractivity contribution in [2.45, 2.75) is 13.3 Å². The van der Waals surface area contributed by atoms with Crippen LogP contribution >= 0.6 is 11.7 Å². The van der Waals surface area contributed by atoms with Crippen molar-refractivity contribution < 1.29 is 4.74 Å². The predicted octanol–water partition coefficient (Wildman–Crippen LogP) is 2.43. The monoisotopic (exact) mass is 250 g/mol. The maximum atomic E-state index is 5.28. The van der Waals surface area contributed by atoms with E-state index in [1.807, 2.05) is 12.1 Å². The van der Waals surface area contributed by atoms with Crippen molar-refractivity contribution in [3.05, 3.63) is 18.3 Å². The highest BCUT2D eigenvalue weighted by Crippen LogP contribution is 2.31. The fraction of sp³-hybridized carbons (Fsp3) is 0.364. The topological polar surface area (TPSA) is 59.9 Å². The highest BCUT2D eigenvalue weighted by atomic mass is 32.1. The summed E-state index contributed by atoms with van der Waals surface area (Å²) in [6.45, 7) is 2.97. The number of anilines is 1. The number of hydrogen-bond acceptors (Lipinski definition) is 6. The summed E-state index contributed by atoms with van der Waals surface area (Å²) in [7, 11) is 1.62. The van der Waals surface area contributed by atoms with Crippen LogP contribution in [-0.4, -0.2) is 27.4 Å². The first-order valence-electron chi connectivity index (χ1n) is 5.42. The summed E-state index contributed by atoms with van der Waals surface area (Å²) in [4.78, 5) is 4.30. The molecule has 6 heteroatoms. The molecule has 0 saturated heterocycles. The second kappa shape index (κ2) is 5.58.